The maximum Gasteiger partial charge on any atom is 0.244 e. The van der Waals surface area contributed by atoms with Gasteiger partial charge in [-0.15, -0.1) is 0 Å². The summed E-state index contributed by atoms with van der Waals surface area (Å²) in [7, 11) is 0. The summed E-state index contributed by atoms with van der Waals surface area (Å²) in [6, 6.07) is 13.3. The van der Waals surface area contributed by atoms with Crippen molar-refractivity contribution in [1.29, 1.82) is 0 Å². The van der Waals surface area contributed by atoms with E-state index in [1.807, 2.05) is 53.1 Å². The van der Waals surface area contributed by atoms with Gasteiger partial charge in [0.15, 0.2) is 5.15 Å². The van der Waals surface area contributed by atoms with Gasteiger partial charge in [0.05, 0.1) is 5.69 Å². The minimum absolute atomic E-state index is 0.164. The third kappa shape index (κ3) is 3.77. The molecule has 0 radical (unpaired) electrons. The zero-order valence-corrected chi connectivity index (χ0v) is 15.9. The summed E-state index contributed by atoms with van der Waals surface area (Å²) in [6.07, 6.45) is 6.46. The molecule has 4 rings (SSSR count). The molecule has 0 atom stereocenters. The van der Waals surface area contributed by atoms with E-state index in [1.165, 1.54) is 6.08 Å². The first-order valence-electron chi connectivity index (χ1n) is 9.09. The predicted molar refractivity (Wildman–Crippen MR) is 109 cm³/mol. The third-order valence-electron chi connectivity index (χ3n) is 4.70. The Morgan fingerprint density at radius 2 is 2.04 bits per heavy atom. The second-order valence-corrected chi connectivity index (χ2v) is 6.94. The van der Waals surface area contributed by atoms with Crippen molar-refractivity contribution in [3.05, 3.63) is 71.1 Å². The Balaban J connectivity index is 1.37. The molecule has 1 N–H and O–H groups in total. The van der Waals surface area contributed by atoms with Crippen LogP contribution in [-0.2, 0) is 16.1 Å². The zero-order valence-electron chi connectivity index (χ0n) is 15.1. The summed E-state index contributed by atoms with van der Waals surface area (Å²) in [5.41, 5.74) is 3.25. The van der Waals surface area contributed by atoms with E-state index in [9.17, 15) is 9.59 Å². The number of carbonyl (C=O) groups is 2. The van der Waals surface area contributed by atoms with Crippen LogP contribution in [0.2, 0.25) is 5.15 Å². The van der Waals surface area contributed by atoms with Gasteiger partial charge in [-0.25, -0.2) is 4.98 Å². The molecule has 1 fully saturated rings. The standard InChI is InChI=1S/C21H19ClN4O2/c22-21-17(26-12-2-1-4-18(26)24-21)10-11-19(27)23-14-15-6-8-16(9-7-15)25-13-3-5-20(25)28/h1-2,4,6-12H,3,5,13-14H2,(H,23,27)/b11-10+. The number of rotatable bonds is 5. The van der Waals surface area contributed by atoms with Crippen LogP contribution in [0.3, 0.4) is 0 Å². The Labute approximate surface area is 167 Å². The largest absolute Gasteiger partial charge is 0.348 e. The molecule has 0 saturated carbocycles. The van der Waals surface area contributed by atoms with E-state index < -0.39 is 0 Å². The molecule has 0 aliphatic carbocycles. The average Bonchev–Trinajstić information content (AvgIpc) is 3.27. The van der Waals surface area contributed by atoms with E-state index in [4.69, 9.17) is 11.6 Å². The van der Waals surface area contributed by atoms with E-state index >= 15 is 0 Å². The van der Waals surface area contributed by atoms with Gasteiger partial charge in [0.25, 0.3) is 0 Å². The molecule has 0 spiro atoms. The van der Waals surface area contributed by atoms with Gasteiger partial charge in [-0.2, -0.15) is 0 Å². The van der Waals surface area contributed by atoms with Crippen molar-refractivity contribution in [2.45, 2.75) is 19.4 Å². The van der Waals surface area contributed by atoms with E-state index in [2.05, 4.69) is 10.3 Å². The third-order valence-corrected chi connectivity index (χ3v) is 4.98. The Morgan fingerprint density at radius 1 is 1.21 bits per heavy atom. The van der Waals surface area contributed by atoms with E-state index in [0.717, 1.165) is 29.9 Å². The van der Waals surface area contributed by atoms with Crippen LogP contribution in [0.15, 0.2) is 54.7 Å². The fraction of sp³-hybridized carbons (Fsp3) is 0.190. The van der Waals surface area contributed by atoms with Crippen molar-refractivity contribution in [2.24, 2.45) is 0 Å². The molecule has 2 amide bonds. The number of pyridine rings is 1. The number of amides is 2. The van der Waals surface area contributed by atoms with Crippen LogP contribution in [0.4, 0.5) is 5.69 Å². The van der Waals surface area contributed by atoms with Crippen molar-refractivity contribution in [2.75, 3.05) is 11.4 Å². The number of halogens is 1. The van der Waals surface area contributed by atoms with E-state index in [1.54, 1.807) is 11.0 Å². The lowest BCUT2D eigenvalue weighted by molar-refractivity contribution is -0.117. The number of nitrogens with one attached hydrogen (secondary N) is 1. The predicted octanol–water partition coefficient (Wildman–Crippen LogP) is 3.44. The highest BCUT2D eigenvalue weighted by molar-refractivity contribution is 6.31. The molecular weight excluding hydrogens is 376 g/mol. The van der Waals surface area contributed by atoms with Gasteiger partial charge in [0.1, 0.15) is 5.65 Å². The maximum absolute atomic E-state index is 12.2. The summed E-state index contributed by atoms with van der Waals surface area (Å²) >= 11 is 6.16. The minimum Gasteiger partial charge on any atom is -0.348 e. The number of benzene rings is 1. The minimum atomic E-state index is -0.222. The summed E-state index contributed by atoms with van der Waals surface area (Å²) in [5.74, 6) is -0.0574. The molecule has 1 saturated heterocycles. The molecule has 2 aromatic heterocycles. The van der Waals surface area contributed by atoms with Crippen LogP contribution in [0.25, 0.3) is 11.7 Å². The summed E-state index contributed by atoms with van der Waals surface area (Å²) in [6.45, 7) is 1.17. The normalized spacial score (nSPS) is 14.3. The van der Waals surface area contributed by atoms with Gasteiger partial charge in [-0.3, -0.25) is 14.0 Å². The van der Waals surface area contributed by atoms with Gasteiger partial charge >= 0.3 is 0 Å². The van der Waals surface area contributed by atoms with Crippen molar-refractivity contribution in [3.8, 4) is 0 Å². The summed E-state index contributed by atoms with van der Waals surface area (Å²) in [4.78, 5) is 30.0. The lowest BCUT2D eigenvalue weighted by atomic mass is 10.2. The number of hydrogen-bond donors (Lipinski definition) is 1. The van der Waals surface area contributed by atoms with Crippen LogP contribution in [0, 0.1) is 0 Å². The summed E-state index contributed by atoms with van der Waals surface area (Å²) < 4.78 is 1.82. The number of anilines is 1. The second-order valence-electron chi connectivity index (χ2n) is 6.58. The maximum atomic E-state index is 12.2. The lowest BCUT2D eigenvalue weighted by Crippen LogP contribution is -2.23. The molecule has 3 aromatic rings. The first-order chi connectivity index (χ1) is 13.6. The molecule has 28 heavy (non-hydrogen) atoms. The van der Waals surface area contributed by atoms with E-state index in [0.29, 0.717) is 23.8 Å². The van der Waals surface area contributed by atoms with Crippen LogP contribution < -0.4 is 10.2 Å². The smallest absolute Gasteiger partial charge is 0.244 e. The van der Waals surface area contributed by atoms with Gasteiger partial charge in [0.2, 0.25) is 11.8 Å². The van der Waals surface area contributed by atoms with Crippen LogP contribution in [-0.4, -0.2) is 27.7 Å². The Bertz CT molecular complexity index is 1060. The van der Waals surface area contributed by atoms with Crippen molar-refractivity contribution in [1.82, 2.24) is 14.7 Å². The number of imidazole rings is 1. The Morgan fingerprint density at radius 3 is 2.79 bits per heavy atom. The van der Waals surface area contributed by atoms with Gasteiger partial charge in [0, 0.05) is 37.5 Å². The second kappa shape index (κ2) is 7.86. The van der Waals surface area contributed by atoms with Gasteiger partial charge < -0.3 is 10.2 Å². The number of hydrogen-bond acceptors (Lipinski definition) is 3. The Kier molecular flexibility index (Phi) is 5.12. The average molecular weight is 395 g/mol. The number of aromatic nitrogens is 2. The molecule has 0 unspecified atom stereocenters. The molecule has 1 aromatic carbocycles. The number of fused-ring (bicyclic) bond motifs is 1. The molecule has 0 bridgehead atoms. The zero-order chi connectivity index (χ0) is 19.5. The van der Waals surface area contributed by atoms with E-state index in [-0.39, 0.29) is 11.8 Å². The van der Waals surface area contributed by atoms with Crippen molar-refractivity contribution in [3.63, 3.8) is 0 Å². The monoisotopic (exact) mass is 394 g/mol. The molecule has 1 aliphatic heterocycles. The first-order valence-corrected chi connectivity index (χ1v) is 9.47. The van der Waals surface area contributed by atoms with Crippen LogP contribution in [0.1, 0.15) is 24.1 Å². The molecule has 6 nitrogen and oxygen atoms in total. The highest BCUT2D eigenvalue weighted by atomic mass is 35.5. The topological polar surface area (TPSA) is 66.7 Å². The summed E-state index contributed by atoms with van der Waals surface area (Å²) in [5, 5.41) is 3.20. The fourth-order valence-corrected chi connectivity index (χ4v) is 3.49. The van der Waals surface area contributed by atoms with Gasteiger partial charge in [-0.1, -0.05) is 29.8 Å². The SMILES string of the molecule is O=C(/C=C/c1c(Cl)nc2ccccn12)NCc1ccc(N2CCCC2=O)cc1. The molecule has 1 aliphatic rings. The van der Waals surface area contributed by atoms with Crippen molar-refractivity contribution < 1.29 is 9.59 Å². The number of carbonyl (C=O) groups excluding carboxylic acids is 2. The molecular formula is C21H19ClN4O2. The lowest BCUT2D eigenvalue weighted by Gasteiger charge is -2.15. The molecule has 7 heteroatoms. The highest BCUT2D eigenvalue weighted by Gasteiger charge is 2.21. The Hall–Kier alpha value is -3.12. The number of nitrogens with zero attached hydrogens (tertiary/aromatic N) is 3. The van der Waals surface area contributed by atoms with Gasteiger partial charge in [-0.05, 0) is 42.3 Å². The molecule has 142 valence electrons. The fourth-order valence-electron chi connectivity index (χ4n) is 3.25. The first kappa shape index (κ1) is 18.3. The van der Waals surface area contributed by atoms with Crippen LogP contribution >= 0.6 is 11.6 Å². The van der Waals surface area contributed by atoms with Crippen molar-refractivity contribution >= 4 is 40.8 Å². The van der Waals surface area contributed by atoms with Crippen LogP contribution in [0.5, 0.6) is 0 Å². The highest BCUT2D eigenvalue weighted by Crippen LogP contribution is 2.21. The molecule has 3 heterocycles. The quantitative estimate of drug-likeness (QED) is 0.674.